The fourth-order valence-corrected chi connectivity index (χ4v) is 5.69. The second kappa shape index (κ2) is 9.58. The van der Waals surface area contributed by atoms with Crippen molar-refractivity contribution in [3.05, 3.63) is 36.0 Å². The van der Waals surface area contributed by atoms with Crippen LogP contribution >= 0.6 is 0 Å². The van der Waals surface area contributed by atoms with Gasteiger partial charge in [0.2, 0.25) is 0 Å². The van der Waals surface area contributed by atoms with Gasteiger partial charge >= 0.3 is 5.97 Å². The van der Waals surface area contributed by atoms with Crippen molar-refractivity contribution in [1.29, 1.82) is 0 Å². The molecular weight excluding hydrogens is 320 g/mol. The van der Waals surface area contributed by atoms with Crippen LogP contribution in [-0.2, 0) is 9.53 Å². The molecule has 2 aliphatic carbocycles. The van der Waals surface area contributed by atoms with E-state index in [1.807, 2.05) is 13.0 Å². The maximum atomic E-state index is 11.5. The number of rotatable bonds is 5. The van der Waals surface area contributed by atoms with Crippen molar-refractivity contribution < 1.29 is 9.53 Å². The van der Waals surface area contributed by atoms with E-state index in [2.05, 4.69) is 52.8 Å². The van der Waals surface area contributed by atoms with Gasteiger partial charge in [-0.3, -0.25) is 0 Å². The van der Waals surface area contributed by atoms with Crippen LogP contribution in [-0.4, -0.2) is 12.6 Å². The summed E-state index contributed by atoms with van der Waals surface area (Å²) in [7, 11) is 0. The maximum Gasteiger partial charge on any atom is 0.330 e. The minimum Gasteiger partial charge on any atom is -0.463 e. The molecule has 2 nitrogen and oxygen atoms in total. The van der Waals surface area contributed by atoms with E-state index < -0.39 is 0 Å². The minimum absolute atomic E-state index is 0.257. The lowest BCUT2D eigenvalue weighted by Gasteiger charge is -2.53. The van der Waals surface area contributed by atoms with E-state index in [0.717, 1.165) is 23.7 Å². The molecule has 0 heterocycles. The van der Waals surface area contributed by atoms with Crippen LogP contribution in [0.5, 0.6) is 0 Å². The van der Waals surface area contributed by atoms with Crippen molar-refractivity contribution in [3.8, 4) is 0 Å². The smallest absolute Gasteiger partial charge is 0.330 e. The number of allylic oxidation sites excluding steroid dienone is 5. The van der Waals surface area contributed by atoms with Crippen LogP contribution in [0.15, 0.2) is 36.0 Å². The van der Waals surface area contributed by atoms with Gasteiger partial charge in [-0.2, -0.15) is 0 Å². The molecule has 0 radical (unpaired) electrons. The summed E-state index contributed by atoms with van der Waals surface area (Å²) in [5.74, 6) is 4.82. The number of hydrogen-bond donors (Lipinski definition) is 0. The first-order valence-electron chi connectivity index (χ1n) is 10.5. The molecule has 2 aliphatic rings. The summed E-state index contributed by atoms with van der Waals surface area (Å²) in [5.41, 5.74) is 1.52. The summed E-state index contributed by atoms with van der Waals surface area (Å²) in [6.07, 6.45) is 14.2. The predicted octanol–water partition coefficient (Wildman–Crippen LogP) is 6.20. The largest absolute Gasteiger partial charge is 0.463 e. The Kier molecular flexibility index (Phi) is 7.73. The zero-order valence-electron chi connectivity index (χ0n) is 17.6. The molecule has 146 valence electrons. The number of hydrogen-bond acceptors (Lipinski definition) is 2. The average Bonchev–Trinajstić information content (AvgIpc) is 2.61. The molecule has 0 amide bonds. The SMILES string of the molecule is C/C=C(/C)C1[C@@H](/C=C/C=C/C(=O)OCC)[C@H]2[C@@H](C[C@@H]1C)[C@@H](C)CC[C@@H]2C. The highest BCUT2D eigenvalue weighted by atomic mass is 16.5. The van der Waals surface area contributed by atoms with E-state index in [4.69, 9.17) is 4.74 Å². The van der Waals surface area contributed by atoms with Crippen LogP contribution < -0.4 is 0 Å². The van der Waals surface area contributed by atoms with Crippen LogP contribution in [0.2, 0.25) is 0 Å². The molecule has 26 heavy (non-hydrogen) atoms. The van der Waals surface area contributed by atoms with Gasteiger partial charge in [-0.05, 0) is 68.6 Å². The Hall–Kier alpha value is -1.31. The minimum atomic E-state index is -0.257. The summed E-state index contributed by atoms with van der Waals surface area (Å²) in [4.78, 5) is 11.5. The number of carbonyl (C=O) groups excluding carboxylic acids is 1. The van der Waals surface area contributed by atoms with Crippen molar-refractivity contribution in [2.45, 2.75) is 60.8 Å². The Bertz CT molecular complexity index is 557. The number of fused-ring (bicyclic) bond motifs is 1. The van der Waals surface area contributed by atoms with Crippen molar-refractivity contribution in [2.75, 3.05) is 6.61 Å². The van der Waals surface area contributed by atoms with E-state index in [1.54, 1.807) is 0 Å². The van der Waals surface area contributed by atoms with Gasteiger partial charge < -0.3 is 4.74 Å². The van der Waals surface area contributed by atoms with Gasteiger partial charge in [0.25, 0.3) is 0 Å². The van der Waals surface area contributed by atoms with E-state index in [0.29, 0.717) is 24.4 Å². The number of carbonyl (C=O) groups is 1. The fourth-order valence-electron chi connectivity index (χ4n) is 5.69. The lowest BCUT2D eigenvalue weighted by molar-refractivity contribution is -0.137. The first-order valence-corrected chi connectivity index (χ1v) is 10.5. The van der Waals surface area contributed by atoms with Gasteiger partial charge in [0.05, 0.1) is 6.61 Å². The third kappa shape index (κ3) is 4.69. The van der Waals surface area contributed by atoms with Gasteiger partial charge in [-0.15, -0.1) is 0 Å². The van der Waals surface area contributed by atoms with E-state index in [1.165, 1.54) is 30.9 Å². The number of ether oxygens (including phenoxy) is 1. The topological polar surface area (TPSA) is 26.3 Å². The lowest BCUT2D eigenvalue weighted by atomic mass is 9.52. The molecule has 0 bridgehead atoms. The van der Waals surface area contributed by atoms with Crippen molar-refractivity contribution in [3.63, 3.8) is 0 Å². The summed E-state index contributed by atoms with van der Waals surface area (Å²) >= 11 is 0. The van der Waals surface area contributed by atoms with Crippen LogP contribution in [0.1, 0.15) is 60.8 Å². The molecule has 7 atom stereocenters. The van der Waals surface area contributed by atoms with Crippen molar-refractivity contribution in [2.24, 2.45) is 41.4 Å². The highest BCUT2D eigenvalue weighted by Crippen LogP contribution is 2.54. The molecular formula is C24H38O2. The summed E-state index contributed by atoms with van der Waals surface area (Å²) in [6, 6.07) is 0. The summed E-state index contributed by atoms with van der Waals surface area (Å²) < 4.78 is 4.98. The van der Waals surface area contributed by atoms with Crippen molar-refractivity contribution in [1.82, 2.24) is 0 Å². The Morgan fingerprint density at radius 1 is 1.08 bits per heavy atom. The average molecular weight is 359 g/mol. The van der Waals surface area contributed by atoms with Gasteiger partial charge in [0.1, 0.15) is 0 Å². The molecule has 0 aromatic heterocycles. The van der Waals surface area contributed by atoms with Gasteiger partial charge in [0, 0.05) is 6.08 Å². The maximum absolute atomic E-state index is 11.5. The zero-order chi connectivity index (χ0) is 19.3. The lowest BCUT2D eigenvalue weighted by Crippen LogP contribution is -2.46. The molecule has 0 spiro atoms. The molecule has 2 fully saturated rings. The third-order valence-electron chi connectivity index (χ3n) is 7.02. The van der Waals surface area contributed by atoms with Crippen LogP contribution in [0.25, 0.3) is 0 Å². The van der Waals surface area contributed by atoms with Gasteiger partial charge in [0.15, 0.2) is 0 Å². The predicted molar refractivity (Wildman–Crippen MR) is 110 cm³/mol. The highest BCUT2D eigenvalue weighted by Gasteiger charge is 2.47. The van der Waals surface area contributed by atoms with Crippen molar-refractivity contribution >= 4 is 5.97 Å². The number of esters is 1. The molecule has 2 rings (SSSR count). The molecule has 2 saturated carbocycles. The van der Waals surface area contributed by atoms with E-state index in [-0.39, 0.29) is 5.97 Å². The summed E-state index contributed by atoms with van der Waals surface area (Å²) in [6.45, 7) is 14.1. The van der Waals surface area contributed by atoms with Gasteiger partial charge in [-0.25, -0.2) is 4.79 Å². The van der Waals surface area contributed by atoms with Gasteiger partial charge in [-0.1, -0.05) is 63.5 Å². The highest BCUT2D eigenvalue weighted by molar-refractivity contribution is 5.82. The van der Waals surface area contributed by atoms with Crippen LogP contribution in [0.4, 0.5) is 0 Å². The molecule has 1 unspecified atom stereocenters. The second-order valence-electron chi connectivity index (χ2n) is 8.62. The monoisotopic (exact) mass is 358 g/mol. The molecule has 2 heteroatoms. The normalized spacial score (nSPS) is 38.5. The molecule has 0 aliphatic heterocycles. The quantitative estimate of drug-likeness (QED) is 0.253. The second-order valence-corrected chi connectivity index (χ2v) is 8.62. The molecule has 0 saturated heterocycles. The Balaban J connectivity index is 2.28. The molecule has 0 aromatic rings. The first kappa shape index (κ1) is 21.0. The molecule has 0 aromatic carbocycles. The van der Waals surface area contributed by atoms with E-state index >= 15 is 0 Å². The fraction of sp³-hybridized carbons (Fsp3) is 0.708. The third-order valence-corrected chi connectivity index (χ3v) is 7.02. The Morgan fingerprint density at radius 2 is 1.77 bits per heavy atom. The molecule has 0 N–H and O–H groups in total. The van der Waals surface area contributed by atoms with Crippen LogP contribution in [0, 0.1) is 41.4 Å². The first-order chi connectivity index (χ1) is 12.4. The van der Waals surface area contributed by atoms with Crippen LogP contribution in [0.3, 0.4) is 0 Å². The standard InChI is InChI=1S/C24H38O2/c1-7-16(3)23-19(6)15-21-17(4)13-14-18(5)24(21)20(23)11-9-10-12-22(25)26-8-2/h7,9-12,17-21,23-24H,8,13-15H2,1-6H3/b11-9+,12-10+,16-7-/t17-,18-,19-,20+,21-,23?,24-/m0/s1. The Morgan fingerprint density at radius 3 is 2.42 bits per heavy atom. The zero-order valence-corrected chi connectivity index (χ0v) is 17.6. The Labute approximate surface area is 160 Å². The van der Waals surface area contributed by atoms with E-state index in [9.17, 15) is 4.79 Å². The summed E-state index contributed by atoms with van der Waals surface area (Å²) in [5, 5.41) is 0.